The molecule has 0 spiro atoms. The molecule has 2 aromatic carbocycles. The molecule has 0 saturated heterocycles. The van der Waals surface area contributed by atoms with Crippen molar-refractivity contribution < 1.29 is 19.1 Å². The Morgan fingerprint density at radius 2 is 1.71 bits per heavy atom. The first-order chi connectivity index (χ1) is 15.1. The fourth-order valence-corrected chi connectivity index (χ4v) is 3.20. The molecule has 2 aliphatic heterocycles. The molecule has 10 heteroatoms. The molecule has 4 rings (SSSR count). The number of amidine groups is 1. The number of nitrogens with two attached hydrogens (primary N) is 1. The summed E-state index contributed by atoms with van der Waals surface area (Å²) in [5.74, 6) is -1.29. The Labute approximate surface area is 177 Å². The molecule has 10 nitrogen and oxygen atoms in total. The van der Waals surface area contributed by atoms with Gasteiger partial charge in [-0.15, -0.1) is 10.1 Å². The predicted octanol–water partition coefficient (Wildman–Crippen LogP) is -0.122. The highest BCUT2D eigenvalue weighted by molar-refractivity contribution is 6.12. The molecule has 0 saturated carbocycles. The molecular formula is C21H20N6O4. The zero-order valence-corrected chi connectivity index (χ0v) is 16.4. The highest BCUT2D eigenvalue weighted by Crippen LogP contribution is 2.30. The molecule has 0 bridgehead atoms. The summed E-state index contributed by atoms with van der Waals surface area (Å²) in [6, 6.07) is 16.5. The van der Waals surface area contributed by atoms with Gasteiger partial charge in [-0.3, -0.25) is 14.4 Å². The zero-order valence-electron chi connectivity index (χ0n) is 16.4. The van der Waals surface area contributed by atoms with Crippen LogP contribution in [0.1, 0.15) is 17.2 Å². The Balaban J connectivity index is 1.62. The highest BCUT2D eigenvalue weighted by Gasteiger charge is 2.44. The van der Waals surface area contributed by atoms with E-state index < -0.39 is 29.8 Å². The molecule has 2 aromatic rings. The van der Waals surface area contributed by atoms with Gasteiger partial charge in [-0.1, -0.05) is 48.5 Å². The Morgan fingerprint density at radius 3 is 2.39 bits per heavy atom. The minimum Gasteiger partial charge on any atom is -0.403 e. The fourth-order valence-electron chi connectivity index (χ4n) is 3.20. The van der Waals surface area contributed by atoms with E-state index in [0.717, 1.165) is 10.6 Å². The molecular weight excluding hydrogens is 400 g/mol. The van der Waals surface area contributed by atoms with Crippen molar-refractivity contribution in [2.45, 2.75) is 12.1 Å². The number of aliphatic imine (C=N–C) groups is 1. The Kier molecular flexibility index (Phi) is 5.72. The van der Waals surface area contributed by atoms with Crippen LogP contribution in [-0.4, -0.2) is 53.8 Å². The topological polar surface area (TPSA) is 138 Å². The lowest BCUT2D eigenvalue weighted by Crippen LogP contribution is -2.55. The van der Waals surface area contributed by atoms with Gasteiger partial charge in [-0.25, -0.2) is 4.99 Å². The van der Waals surface area contributed by atoms with Crippen molar-refractivity contribution in [1.29, 1.82) is 0 Å². The second-order valence-corrected chi connectivity index (χ2v) is 6.82. The van der Waals surface area contributed by atoms with E-state index in [-0.39, 0.29) is 25.0 Å². The van der Waals surface area contributed by atoms with Gasteiger partial charge in [-0.2, -0.15) is 0 Å². The van der Waals surface area contributed by atoms with Crippen molar-refractivity contribution in [1.82, 2.24) is 15.6 Å². The summed E-state index contributed by atoms with van der Waals surface area (Å²) in [6.45, 7) is -0.551. The quantitative estimate of drug-likeness (QED) is 0.598. The van der Waals surface area contributed by atoms with Crippen LogP contribution in [0.4, 0.5) is 0 Å². The number of fused-ring (bicyclic) bond motifs is 1. The van der Waals surface area contributed by atoms with Crippen LogP contribution < -0.4 is 16.4 Å². The van der Waals surface area contributed by atoms with Crippen molar-refractivity contribution in [3.8, 4) is 0 Å². The number of benzene rings is 2. The molecule has 4 N–H and O–H groups in total. The summed E-state index contributed by atoms with van der Waals surface area (Å²) in [5.41, 5.74) is 6.64. The number of amides is 3. The molecule has 2 atom stereocenters. The van der Waals surface area contributed by atoms with Crippen molar-refractivity contribution in [2.75, 3.05) is 13.1 Å². The lowest BCUT2D eigenvalue weighted by Gasteiger charge is -2.30. The number of hydrogen-bond acceptors (Lipinski definition) is 7. The molecule has 0 aromatic heterocycles. The summed E-state index contributed by atoms with van der Waals surface area (Å²) in [6.07, 6.45) is 0. The Hall–Kier alpha value is -4.05. The van der Waals surface area contributed by atoms with E-state index in [1.54, 1.807) is 24.3 Å². The molecule has 0 unspecified atom stereocenters. The molecule has 2 aliphatic rings. The van der Waals surface area contributed by atoms with Gasteiger partial charge >= 0.3 is 6.02 Å². The van der Waals surface area contributed by atoms with Crippen LogP contribution in [0, 0.1) is 0 Å². The first kappa shape index (κ1) is 20.2. The van der Waals surface area contributed by atoms with Crippen molar-refractivity contribution in [3.05, 3.63) is 71.8 Å². The van der Waals surface area contributed by atoms with Crippen LogP contribution in [0.15, 0.2) is 70.8 Å². The minimum absolute atomic E-state index is 0.0413. The predicted molar refractivity (Wildman–Crippen MR) is 112 cm³/mol. The lowest BCUT2D eigenvalue weighted by molar-refractivity contribution is -0.135. The van der Waals surface area contributed by atoms with Gasteiger partial charge in [0.1, 0.15) is 12.1 Å². The lowest BCUT2D eigenvalue weighted by atomic mass is 9.97. The van der Waals surface area contributed by atoms with Crippen LogP contribution >= 0.6 is 0 Å². The number of hydrogen-bond donors (Lipinski definition) is 3. The highest BCUT2D eigenvalue weighted by atomic mass is 16.5. The number of rotatable bonds is 6. The van der Waals surface area contributed by atoms with Crippen LogP contribution in [0.3, 0.4) is 0 Å². The van der Waals surface area contributed by atoms with E-state index >= 15 is 0 Å². The smallest absolute Gasteiger partial charge is 0.323 e. The van der Waals surface area contributed by atoms with Crippen molar-refractivity contribution in [2.24, 2.45) is 15.8 Å². The monoisotopic (exact) mass is 420 g/mol. The van der Waals surface area contributed by atoms with Crippen LogP contribution in [0.25, 0.3) is 0 Å². The molecule has 3 amide bonds. The van der Waals surface area contributed by atoms with E-state index in [0.29, 0.717) is 5.56 Å². The molecule has 0 fully saturated rings. The first-order valence-electron chi connectivity index (χ1n) is 9.61. The molecule has 2 heterocycles. The zero-order chi connectivity index (χ0) is 21.8. The van der Waals surface area contributed by atoms with Crippen LogP contribution in [0.5, 0.6) is 0 Å². The number of nitrogens with one attached hydrogen (secondary N) is 2. The number of carbonyl (C=O) groups is 3. The van der Waals surface area contributed by atoms with Gasteiger partial charge in [-0.05, 0) is 17.7 Å². The number of hydrazone groups is 1. The Morgan fingerprint density at radius 1 is 1.03 bits per heavy atom. The van der Waals surface area contributed by atoms with E-state index in [1.807, 2.05) is 36.4 Å². The maximum atomic E-state index is 13.2. The van der Waals surface area contributed by atoms with Gasteiger partial charge in [0.05, 0.1) is 13.1 Å². The average molecular weight is 420 g/mol. The third kappa shape index (κ3) is 4.28. The normalized spacial score (nSPS) is 19.6. The number of nitrogens with zero attached hydrogens (tertiary/aromatic N) is 3. The summed E-state index contributed by atoms with van der Waals surface area (Å²) in [5, 5.41) is 10.3. The summed E-state index contributed by atoms with van der Waals surface area (Å²) >= 11 is 0. The Bertz CT molecular complexity index is 1050. The van der Waals surface area contributed by atoms with E-state index in [1.165, 1.54) is 0 Å². The largest absolute Gasteiger partial charge is 0.403 e. The van der Waals surface area contributed by atoms with E-state index in [2.05, 4.69) is 20.7 Å². The van der Waals surface area contributed by atoms with E-state index in [9.17, 15) is 14.4 Å². The van der Waals surface area contributed by atoms with Crippen LogP contribution in [-0.2, 0) is 19.1 Å². The van der Waals surface area contributed by atoms with Crippen molar-refractivity contribution in [3.63, 3.8) is 0 Å². The third-order valence-corrected chi connectivity index (χ3v) is 4.71. The van der Waals surface area contributed by atoms with Gasteiger partial charge in [0, 0.05) is 5.56 Å². The summed E-state index contributed by atoms with van der Waals surface area (Å²) < 4.78 is 5.74. The van der Waals surface area contributed by atoms with Crippen molar-refractivity contribution >= 4 is 29.6 Å². The second-order valence-electron chi connectivity index (χ2n) is 6.82. The van der Waals surface area contributed by atoms with Gasteiger partial charge < -0.3 is 21.1 Å². The molecule has 0 aliphatic carbocycles. The standard InChI is InChI=1S/C21H20N6O4/c22-11-15(28)23-12-16(29)24-18-17(13-7-3-1-4-8-13)25-21-27(20(18)30)26-19(31-21)14-9-5-2-6-10-14/h1-10,17-18H,11-12,22H2,(H,23,28)(H,24,29)/t17-,18+/m1/s1. The van der Waals surface area contributed by atoms with E-state index in [4.69, 9.17) is 10.5 Å². The van der Waals surface area contributed by atoms with Crippen LogP contribution in [0.2, 0.25) is 0 Å². The third-order valence-electron chi connectivity index (χ3n) is 4.71. The maximum Gasteiger partial charge on any atom is 0.323 e. The number of ether oxygens (including phenoxy) is 1. The first-order valence-corrected chi connectivity index (χ1v) is 9.61. The molecule has 158 valence electrons. The summed E-state index contributed by atoms with van der Waals surface area (Å²) in [7, 11) is 0. The second kappa shape index (κ2) is 8.76. The molecule has 31 heavy (non-hydrogen) atoms. The van der Waals surface area contributed by atoms with Gasteiger partial charge in [0.2, 0.25) is 17.7 Å². The fraction of sp³-hybridized carbons (Fsp3) is 0.190. The van der Waals surface area contributed by atoms with Gasteiger partial charge in [0.25, 0.3) is 5.91 Å². The summed E-state index contributed by atoms with van der Waals surface area (Å²) in [4.78, 5) is 41.5. The molecule has 0 radical (unpaired) electrons. The van der Waals surface area contributed by atoms with Gasteiger partial charge in [0.15, 0.2) is 0 Å². The SMILES string of the molecule is NCC(=O)NCC(=O)N[C@@H]1C(=O)N2N=C(c3ccccc3)OC2=N[C@@H]1c1ccccc1. The average Bonchev–Trinajstić information content (AvgIpc) is 3.25. The maximum absolute atomic E-state index is 13.2. The minimum atomic E-state index is -1.03. The number of carbonyl (C=O) groups excluding carboxylic acids is 3.